The Morgan fingerprint density at radius 1 is 1.15 bits per heavy atom. The van der Waals surface area contributed by atoms with E-state index < -0.39 is 23.3 Å². The minimum atomic E-state index is -1.31. The minimum absolute atomic E-state index is 0.222. The van der Waals surface area contributed by atoms with Crippen LogP contribution in [0.3, 0.4) is 0 Å². The van der Waals surface area contributed by atoms with Crippen LogP contribution in [0.25, 0.3) is 5.70 Å². The number of hydrogen-bond donors (Lipinski definition) is 1. The number of anilines is 1. The Morgan fingerprint density at radius 2 is 1.80 bits per heavy atom. The van der Waals surface area contributed by atoms with Crippen LogP contribution in [0.2, 0.25) is 0 Å². The van der Waals surface area contributed by atoms with Gasteiger partial charge in [-0.1, -0.05) is 32.1 Å². The van der Waals surface area contributed by atoms with Gasteiger partial charge in [0.2, 0.25) is 0 Å². The van der Waals surface area contributed by atoms with Crippen LogP contribution in [0, 0.1) is 18.2 Å². The van der Waals surface area contributed by atoms with E-state index in [1.165, 1.54) is 12.1 Å². The Morgan fingerprint density at radius 3 is 2.39 bits per heavy atom. The lowest BCUT2D eigenvalue weighted by molar-refractivity contribution is -0.187. The molecule has 2 aliphatic heterocycles. The van der Waals surface area contributed by atoms with E-state index in [1.807, 2.05) is 46.9 Å². The molecule has 2 aromatic rings. The Labute approximate surface area is 243 Å². The highest BCUT2D eigenvalue weighted by Gasteiger charge is 2.50. The van der Waals surface area contributed by atoms with Gasteiger partial charge in [0.05, 0.1) is 23.6 Å². The predicted molar refractivity (Wildman–Crippen MR) is 161 cm³/mol. The summed E-state index contributed by atoms with van der Waals surface area (Å²) >= 11 is 0. The van der Waals surface area contributed by atoms with Crippen LogP contribution < -0.4 is 4.90 Å². The lowest BCUT2D eigenvalue weighted by atomic mass is 9.82. The van der Waals surface area contributed by atoms with Crippen molar-refractivity contribution in [3.63, 3.8) is 0 Å². The summed E-state index contributed by atoms with van der Waals surface area (Å²) < 4.78 is 26.0. The van der Waals surface area contributed by atoms with Gasteiger partial charge < -0.3 is 19.5 Å². The average Bonchev–Trinajstić information content (AvgIpc) is 2.89. The Balaban J connectivity index is 1.67. The van der Waals surface area contributed by atoms with Gasteiger partial charge in [-0.05, 0) is 83.1 Å². The third kappa shape index (κ3) is 7.41. The third-order valence-corrected chi connectivity index (χ3v) is 8.03. The second-order valence-electron chi connectivity index (χ2n) is 13.0. The number of aromatic nitrogens is 1. The number of hydrogen-bond acceptors (Lipinski definition) is 6. The molecule has 0 bridgehead atoms. The van der Waals surface area contributed by atoms with Crippen LogP contribution in [-0.4, -0.2) is 58.8 Å². The zero-order chi connectivity index (χ0) is 30.0. The molecule has 41 heavy (non-hydrogen) atoms. The molecule has 1 aromatic heterocycles. The van der Waals surface area contributed by atoms with Crippen molar-refractivity contribution in [2.75, 3.05) is 24.6 Å². The zero-order valence-corrected chi connectivity index (χ0v) is 25.5. The first kappa shape index (κ1) is 30.8. The maximum atomic E-state index is 13.4. The van der Waals surface area contributed by atoms with Crippen molar-refractivity contribution >= 4 is 23.1 Å². The van der Waals surface area contributed by atoms with E-state index in [2.05, 4.69) is 29.8 Å². The van der Waals surface area contributed by atoms with Crippen molar-refractivity contribution in [2.45, 2.75) is 91.5 Å². The van der Waals surface area contributed by atoms with Crippen molar-refractivity contribution in [1.82, 2.24) is 4.98 Å². The van der Waals surface area contributed by atoms with E-state index in [-0.39, 0.29) is 18.8 Å². The standard InChI is InChI=1S/C33H44FN3O4/c1-22-20-28(37-17-15-32(6,7)16-18-37)26(21-35-22)27-12-14-33(23(2)36-27,29(30(38)39)41-31(3,4)5)40-19-13-24-8-10-25(34)11-9-24/h8-12,20-21,29H,13-19H2,1-7H3,(H,38,39). The fourth-order valence-corrected chi connectivity index (χ4v) is 5.48. The molecular weight excluding hydrogens is 521 g/mol. The first-order valence-corrected chi connectivity index (χ1v) is 14.5. The molecule has 8 heteroatoms. The van der Waals surface area contributed by atoms with Crippen LogP contribution in [0.4, 0.5) is 10.1 Å². The summed E-state index contributed by atoms with van der Waals surface area (Å²) in [5, 5.41) is 10.3. The van der Waals surface area contributed by atoms with Gasteiger partial charge in [-0.3, -0.25) is 9.98 Å². The highest BCUT2D eigenvalue weighted by atomic mass is 19.1. The second-order valence-corrected chi connectivity index (χ2v) is 13.0. The summed E-state index contributed by atoms with van der Waals surface area (Å²) in [5.41, 5.74) is 3.44. The number of benzene rings is 1. The van der Waals surface area contributed by atoms with E-state index in [4.69, 9.17) is 14.5 Å². The molecule has 0 spiro atoms. The van der Waals surface area contributed by atoms with Gasteiger partial charge in [0, 0.05) is 42.7 Å². The molecule has 7 nitrogen and oxygen atoms in total. The molecule has 0 amide bonds. The summed E-state index contributed by atoms with van der Waals surface area (Å²) in [4.78, 5) is 24.6. The average molecular weight is 566 g/mol. The number of carboxylic acid groups (broad SMARTS) is 1. The van der Waals surface area contributed by atoms with Gasteiger partial charge in [-0.15, -0.1) is 0 Å². The lowest BCUT2D eigenvalue weighted by Crippen LogP contribution is -2.58. The van der Waals surface area contributed by atoms with Crippen LogP contribution >= 0.6 is 0 Å². The molecule has 1 fully saturated rings. The number of rotatable bonds is 9. The maximum absolute atomic E-state index is 13.4. The molecule has 2 unspecified atom stereocenters. The predicted octanol–water partition coefficient (Wildman–Crippen LogP) is 6.63. The van der Waals surface area contributed by atoms with Gasteiger partial charge in [0.15, 0.2) is 6.10 Å². The summed E-state index contributed by atoms with van der Waals surface area (Å²) in [6.45, 7) is 16.1. The molecule has 3 heterocycles. The van der Waals surface area contributed by atoms with Crippen LogP contribution in [0.15, 0.2) is 47.6 Å². The van der Waals surface area contributed by atoms with E-state index in [0.29, 0.717) is 17.5 Å². The van der Waals surface area contributed by atoms with E-state index in [0.717, 1.165) is 54.1 Å². The van der Waals surface area contributed by atoms with Crippen LogP contribution in [-0.2, 0) is 20.7 Å². The molecule has 4 rings (SSSR count). The number of aliphatic imine (C=N–C) groups is 1. The quantitative estimate of drug-likeness (QED) is 0.368. The minimum Gasteiger partial charge on any atom is -0.479 e. The molecule has 0 aliphatic carbocycles. The number of nitrogens with zero attached hydrogens (tertiary/aromatic N) is 3. The fraction of sp³-hybridized carbons (Fsp3) is 0.545. The monoisotopic (exact) mass is 565 g/mol. The van der Waals surface area contributed by atoms with Gasteiger partial charge >= 0.3 is 5.97 Å². The highest BCUT2D eigenvalue weighted by Crippen LogP contribution is 2.40. The number of piperidine rings is 1. The number of carboxylic acids is 1. The van der Waals surface area contributed by atoms with Crippen molar-refractivity contribution in [3.05, 3.63) is 65.2 Å². The molecule has 222 valence electrons. The number of ether oxygens (including phenoxy) is 2. The molecule has 1 N–H and O–H groups in total. The molecule has 1 aromatic carbocycles. The zero-order valence-electron chi connectivity index (χ0n) is 25.5. The molecule has 1 saturated heterocycles. The van der Waals surface area contributed by atoms with E-state index >= 15 is 0 Å². The largest absolute Gasteiger partial charge is 0.479 e. The normalized spacial score (nSPS) is 21.7. The number of carbonyl (C=O) groups is 1. The molecular formula is C33H44FN3O4. The van der Waals surface area contributed by atoms with Crippen LogP contribution in [0.5, 0.6) is 0 Å². The molecule has 2 atom stereocenters. The number of aryl methyl sites for hydroxylation is 1. The highest BCUT2D eigenvalue weighted by molar-refractivity contribution is 6.01. The van der Waals surface area contributed by atoms with Crippen molar-refractivity contribution in [2.24, 2.45) is 10.4 Å². The summed E-state index contributed by atoms with van der Waals surface area (Å²) in [5.74, 6) is -1.41. The van der Waals surface area contributed by atoms with Gasteiger partial charge in [-0.25, -0.2) is 9.18 Å². The Hall–Kier alpha value is -3.10. The Bertz CT molecular complexity index is 1300. The lowest BCUT2D eigenvalue weighted by Gasteiger charge is -2.42. The summed E-state index contributed by atoms with van der Waals surface area (Å²) in [6.07, 6.45) is 5.51. The summed E-state index contributed by atoms with van der Waals surface area (Å²) in [7, 11) is 0. The molecule has 0 saturated carbocycles. The molecule has 2 aliphatic rings. The molecule has 0 radical (unpaired) electrons. The van der Waals surface area contributed by atoms with Gasteiger partial charge in [-0.2, -0.15) is 0 Å². The van der Waals surface area contributed by atoms with Crippen molar-refractivity contribution < 1.29 is 23.8 Å². The first-order valence-electron chi connectivity index (χ1n) is 14.5. The number of aliphatic carboxylic acids is 1. The second kappa shape index (κ2) is 12.0. The van der Waals surface area contributed by atoms with Gasteiger partial charge in [0.25, 0.3) is 0 Å². The Kier molecular flexibility index (Phi) is 9.04. The van der Waals surface area contributed by atoms with E-state index in [9.17, 15) is 14.3 Å². The fourth-order valence-electron chi connectivity index (χ4n) is 5.48. The first-order chi connectivity index (χ1) is 19.2. The summed E-state index contributed by atoms with van der Waals surface area (Å²) in [6, 6.07) is 8.35. The van der Waals surface area contributed by atoms with Crippen molar-refractivity contribution in [1.29, 1.82) is 0 Å². The van der Waals surface area contributed by atoms with Crippen molar-refractivity contribution in [3.8, 4) is 0 Å². The smallest absolute Gasteiger partial charge is 0.336 e. The van der Waals surface area contributed by atoms with Gasteiger partial charge in [0.1, 0.15) is 11.4 Å². The number of halogens is 1. The third-order valence-electron chi connectivity index (χ3n) is 8.03. The van der Waals surface area contributed by atoms with Crippen LogP contribution in [0.1, 0.15) is 77.6 Å². The SMILES string of the molecule is CC1=NC(c2cnc(C)cc2N2CCC(C)(C)CC2)=CCC1(OCCc1ccc(F)cc1)C(OC(C)(C)C)C(=O)O. The van der Waals surface area contributed by atoms with E-state index in [1.54, 1.807) is 12.1 Å². The number of pyridine rings is 1. The maximum Gasteiger partial charge on any atom is 0.336 e. The topological polar surface area (TPSA) is 84.3 Å².